The Labute approximate surface area is 111 Å². The van der Waals surface area contributed by atoms with Crippen molar-refractivity contribution in [3.8, 4) is 0 Å². The lowest BCUT2D eigenvalue weighted by atomic mass is 10.00. The van der Waals surface area contributed by atoms with Crippen LogP contribution in [0.3, 0.4) is 0 Å². The van der Waals surface area contributed by atoms with Crippen LogP contribution in [0.25, 0.3) is 0 Å². The van der Waals surface area contributed by atoms with E-state index in [9.17, 15) is 0 Å². The van der Waals surface area contributed by atoms with Crippen LogP contribution in [-0.2, 0) is 4.74 Å². The Bertz CT molecular complexity index is 158. The van der Waals surface area contributed by atoms with Gasteiger partial charge in [0, 0.05) is 32.8 Å². The second kappa shape index (κ2) is 9.49. The summed E-state index contributed by atoms with van der Waals surface area (Å²) in [5.41, 5.74) is 0. The first-order valence-electron chi connectivity index (χ1n) is 5.96. The fourth-order valence-corrected chi connectivity index (χ4v) is 2.38. The Hall–Kier alpha value is 0.460. The molecule has 0 amide bonds. The van der Waals surface area contributed by atoms with Crippen molar-refractivity contribution in [3.05, 3.63) is 0 Å². The van der Waals surface area contributed by atoms with Gasteiger partial charge in [-0.25, -0.2) is 0 Å². The third kappa shape index (κ3) is 5.69. The molecule has 3 nitrogen and oxygen atoms in total. The number of nitrogens with zero attached hydrogens (tertiary/aromatic N) is 1. The van der Waals surface area contributed by atoms with Crippen LogP contribution in [0, 0.1) is 5.92 Å². The van der Waals surface area contributed by atoms with Crippen molar-refractivity contribution in [2.24, 2.45) is 5.92 Å². The van der Waals surface area contributed by atoms with E-state index in [0.717, 1.165) is 19.1 Å². The van der Waals surface area contributed by atoms with Crippen LogP contribution in [0.5, 0.6) is 0 Å². The first-order chi connectivity index (χ1) is 6.95. The van der Waals surface area contributed by atoms with Gasteiger partial charge in [-0.15, -0.1) is 24.8 Å². The number of hydrogen-bond donors (Lipinski definition) is 1. The smallest absolute Gasteiger partial charge is 0.0469 e. The number of nitrogens with one attached hydrogen (secondary N) is 1. The number of halogens is 2. The Kier molecular flexibility index (Phi) is 9.76. The average molecular weight is 271 g/mol. The van der Waals surface area contributed by atoms with Gasteiger partial charge in [-0.1, -0.05) is 0 Å². The molecule has 5 heteroatoms. The Balaban J connectivity index is 0.00000112. The van der Waals surface area contributed by atoms with E-state index in [1.165, 1.54) is 52.0 Å². The van der Waals surface area contributed by atoms with Gasteiger partial charge in [-0.05, 0) is 38.3 Å². The minimum absolute atomic E-state index is 0. The van der Waals surface area contributed by atoms with Gasteiger partial charge in [0.25, 0.3) is 0 Å². The number of hydrogen-bond acceptors (Lipinski definition) is 3. The van der Waals surface area contributed by atoms with Gasteiger partial charge < -0.3 is 15.0 Å². The van der Waals surface area contributed by atoms with Gasteiger partial charge in [0.2, 0.25) is 0 Å². The Morgan fingerprint density at radius 2 is 1.81 bits per heavy atom. The molecule has 2 saturated heterocycles. The molecule has 0 aromatic rings. The molecule has 2 fully saturated rings. The summed E-state index contributed by atoms with van der Waals surface area (Å²) in [6.45, 7) is 8.15. The minimum Gasteiger partial charge on any atom is -0.381 e. The van der Waals surface area contributed by atoms with Gasteiger partial charge in [-0.3, -0.25) is 0 Å². The molecule has 16 heavy (non-hydrogen) atoms. The summed E-state index contributed by atoms with van der Waals surface area (Å²) in [5, 5.41) is 3.45. The van der Waals surface area contributed by atoms with Crippen LogP contribution in [0.15, 0.2) is 0 Å². The molecular formula is C11H24Cl2N2O. The zero-order valence-corrected chi connectivity index (χ0v) is 11.5. The summed E-state index contributed by atoms with van der Waals surface area (Å²) < 4.78 is 5.38. The minimum atomic E-state index is 0. The zero-order valence-electron chi connectivity index (χ0n) is 9.82. The molecule has 0 saturated carbocycles. The quantitative estimate of drug-likeness (QED) is 0.824. The van der Waals surface area contributed by atoms with E-state index in [1.807, 2.05) is 0 Å². The standard InChI is InChI=1S/C11H22N2O.2ClH/c1-4-12-5-7-13(6-1)10-11-2-8-14-9-3-11;;/h11-12H,1-10H2;2*1H. The molecule has 0 radical (unpaired) electrons. The summed E-state index contributed by atoms with van der Waals surface area (Å²) >= 11 is 0. The van der Waals surface area contributed by atoms with E-state index in [2.05, 4.69) is 10.2 Å². The second-order valence-corrected chi connectivity index (χ2v) is 4.46. The van der Waals surface area contributed by atoms with E-state index in [-0.39, 0.29) is 24.8 Å². The SMILES string of the molecule is C1CNCCN(CC2CCOCC2)C1.Cl.Cl. The monoisotopic (exact) mass is 270 g/mol. The molecule has 0 atom stereocenters. The zero-order chi connectivity index (χ0) is 9.64. The molecule has 2 aliphatic rings. The van der Waals surface area contributed by atoms with Crippen LogP contribution >= 0.6 is 24.8 Å². The third-order valence-corrected chi connectivity index (χ3v) is 3.29. The van der Waals surface area contributed by atoms with Gasteiger partial charge in [0.15, 0.2) is 0 Å². The molecular weight excluding hydrogens is 247 g/mol. The Morgan fingerprint density at radius 3 is 2.56 bits per heavy atom. The maximum absolute atomic E-state index is 5.38. The fourth-order valence-electron chi connectivity index (χ4n) is 2.38. The molecule has 98 valence electrons. The molecule has 0 aromatic carbocycles. The van der Waals surface area contributed by atoms with Crippen molar-refractivity contribution in [1.82, 2.24) is 10.2 Å². The lowest BCUT2D eigenvalue weighted by molar-refractivity contribution is 0.0534. The van der Waals surface area contributed by atoms with Crippen molar-refractivity contribution < 1.29 is 4.74 Å². The van der Waals surface area contributed by atoms with Crippen LogP contribution in [0.2, 0.25) is 0 Å². The highest BCUT2D eigenvalue weighted by atomic mass is 35.5. The Morgan fingerprint density at radius 1 is 1.06 bits per heavy atom. The maximum Gasteiger partial charge on any atom is 0.0469 e. The fraction of sp³-hybridized carbons (Fsp3) is 1.00. The molecule has 0 aliphatic carbocycles. The van der Waals surface area contributed by atoms with Crippen LogP contribution in [0.1, 0.15) is 19.3 Å². The van der Waals surface area contributed by atoms with Crippen molar-refractivity contribution >= 4 is 24.8 Å². The average Bonchev–Trinajstić information content (AvgIpc) is 2.48. The summed E-state index contributed by atoms with van der Waals surface area (Å²) in [5.74, 6) is 0.891. The third-order valence-electron chi connectivity index (χ3n) is 3.29. The summed E-state index contributed by atoms with van der Waals surface area (Å²) in [7, 11) is 0. The van der Waals surface area contributed by atoms with Crippen LogP contribution < -0.4 is 5.32 Å². The molecule has 2 heterocycles. The molecule has 0 spiro atoms. The van der Waals surface area contributed by atoms with Gasteiger partial charge in [0.1, 0.15) is 0 Å². The summed E-state index contributed by atoms with van der Waals surface area (Å²) in [6.07, 6.45) is 3.84. The predicted octanol–water partition coefficient (Wildman–Crippen LogP) is 1.55. The topological polar surface area (TPSA) is 24.5 Å². The summed E-state index contributed by atoms with van der Waals surface area (Å²) in [6, 6.07) is 0. The number of rotatable bonds is 2. The van der Waals surface area contributed by atoms with E-state index in [4.69, 9.17) is 4.74 Å². The number of ether oxygens (including phenoxy) is 1. The highest BCUT2D eigenvalue weighted by molar-refractivity contribution is 5.85. The molecule has 0 bridgehead atoms. The molecule has 2 aliphatic heterocycles. The van der Waals surface area contributed by atoms with Gasteiger partial charge >= 0.3 is 0 Å². The van der Waals surface area contributed by atoms with Crippen LogP contribution in [-0.4, -0.2) is 50.8 Å². The van der Waals surface area contributed by atoms with Crippen molar-refractivity contribution in [1.29, 1.82) is 0 Å². The first-order valence-corrected chi connectivity index (χ1v) is 5.96. The van der Waals surface area contributed by atoms with E-state index < -0.39 is 0 Å². The second-order valence-electron chi connectivity index (χ2n) is 4.46. The maximum atomic E-state index is 5.38. The van der Waals surface area contributed by atoms with Gasteiger partial charge in [0.05, 0.1) is 0 Å². The van der Waals surface area contributed by atoms with Gasteiger partial charge in [-0.2, -0.15) is 0 Å². The van der Waals surface area contributed by atoms with E-state index in [1.54, 1.807) is 0 Å². The highest BCUT2D eigenvalue weighted by Crippen LogP contribution is 2.16. The predicted molar refractivity (Wildman–Crippen MR) is 72.0 cm³/mol. The normalized spacial score (nSPS) is 24.0. The highest BCUT2D eigenvalue weighted by Gasteiger charge is 2.17. The lowest BCUT2D eigenvalue weighted by Gasteiger charge is -2.28. The van der Waals surface area contributed by atoms with E-state index >= 15 is 0 Å². The van der Waals surface area contributed by atoms with Crippen LogP contribution in [0.4, 0.5) is 0 Å². The first kappa shape index (κ1) is 16.5. The molecule has 0 unspecified atom stereocenters. The van der Waals surface area contributed by atoms with Crippen molar-refractivity contribution in [2.75, 3.05) is 45.9 Å². The molecule has 1 N–H and O–H groups in total. The molecule has 0 aromatic heterocycles. The van der Waals surface area contributed by atoms with Crippen molar-refractivity contribution in [2.45, 2.75) is 19.3 Å². The van der Waals surface area contributed by atoms with E-state index in [0.29, 0.717) is 0 Å². The lowest BCUT2D eigenvalue weighted by Crippen LogP contribution is -2.34. The molecule has 2 rings (SSSR count). The largest absolute Gasteiger partial charge is 0.381 e. The summed E-state index contributed by atoms with van der Waals surface area (Å²) in [4.78, 5) is 2.62. The van der Waals surface area contributed by atoms with Crippen molar-refractivity contribution in [3.63, 3.8) is 0 Å².